The van der Waals surface area contributed by atoms with E-state index < -0.39 is 9.85 Å². The second-order valence-corrected chi connectivity index (χ2v) is 5.86. The summed E-state index contributed by atoms with van der Waals surface area (Å²) in [7, 11) is 0. The van der Waals surface area contributed by atoms with Crippen LogP contribution in [0.3, 0.4) is 0 Å². The van der Waals surface area contributed by atoms with Crippen LogP contribution in [0.5, 0.6) is 0 Å². The van der Waals surface area contributed by atoms with Crippen LogP contribution in [0.15, 0.2) is 47.4 Å². The maximum Gasteiger partial charge on any atom is 0.289 e. The Morgan fingerprint density at radius 2 is 1.68 bits per heavy atom. The van der Waals surface area contributed by atoms with E-state index in [2.05, 4.69) is 0 Å². The molecule has 0 amide bonds. The number of rotatable bonds is 5. The van der Waals surface area contributed by atoms with E-state index in [1.54, 1.807) is 12.1 Å². The molecule has 1 atom stereocenters. The summed E-state index contributed by atoms with van der Waals surface area (Å²) in [6.45, 7) is 1.82. The predicted octanol–water partition coefficient (Wildman–Crippen LogP) is 4.50. The number of nitro benzene ring substituents is 2. The Hall–Kier alpha value is -2.48. The molecule has 2 aromatic carbocycles. The third kappa shape index (κ3) is 3.59. The van der Waals surface area contributed by atoms with Gasteiger partial charge in [0.2, 0.25) is 0 Å². The highest BCUT2D eigenvalue weighted by atomic mass is 32.2. The number of nitro groups is 2. The van der Waals surface area contributed by atoms with E-state index in [4.69, 9.17) is 0 Å². The Kier molecular flexibility index (Phi) is 4.71. The van der Waals surface area contributed by atoms with Gasteiger partial charge in [-0.2, -0.15) is 0 Å². The average molecular weight is 322 g/mol. The van der Waals surface area contributed by atoms with Crippen molar-refractivity contribution >= 4 is 23.1 Å². The molecule has 0 saturated heterocycles. The molecule has 0 bridgehead atoms. The highest BCUT2D eigenvalue weighted by molar-refractivity contribution is 7.99. The first-order chi connectivity index (χ1) is 10.4. The van der Waals surface area contributed by atoms with Crippen LogP contribution >= 0.6 is 11.8 Å². The van der Waals surface area contributed by atoms with Crippen LogP contribution in [-0.4, -0.2) is 9.85 Å². The van der Waals surface area contributed by atoms with Gasteiger partial charge in [0.05, 0.1) is 20.8 Å². The van der Waals surface area contributed by atoms with Gasteiger partial charge in [0.1, 0.15) is 5.82 Å². The SMILES string of the molecule is CC(Sc1ccc([N+](=O)[O-])cc1[N+](=O)[O-])c1ccc(F)cc1. The van der Waals surface area contributed by atoms with Gasteiger partial charge in [-0.25, -0.2) is 4.39 Å². The van der Waals surface area contributed by atoms with E-state index in [1.807, 2.05) is 6.92 Å². The molecule has 0 aromatic heterocycles. The summed E-state index contributed by atoms with van der Waals surface area (Å²) in [6.07, 6.45) is 0. The number of non-ortho nitro benzene ring substituents is 1. The van der Waals surface area contributed by atoms with Crippen molar-refractivity contribution in [2.45, 2.75) is 17.1 Å². The van der Waals surface area contributed by atoms with Crippen molar-refractivity contribution in [3.8, 4) is 0 Å². The van der Waals surface area contributed by atoms with Crippen LogP contribution in [0.4, 0.5) is 15.8 Å². The quantitative estimate of drug-likeness (QED) is 0.459. The van der Waals surface area contributed by atoms with E-state index in [0.717, 1.165) is 11.6 Å². The molecule has 0 fully saturated rings. The largest absolute Gasteiger partial charge is 0.289 e. The Morgan fingerprint density at radius 3 is 2.23 bits per heavy atom. The van der Waals surface area contributed by atoms with E-state index in [-0.39, 0.29) is 22.4 Å². The van der Waals surface area contributed by atoms with Gasteiger partial charge in [0.15, 0.2) is 0 Å². The maximum absolute atomic E-state index is 12.9. The minimum atomic E-state index is -0.676. The Labute approximate surface area is 129 Å². The topological polar surface area (TPSA) is 86.3 Å². The van der Waals surface area contributed by atoms with Crippen molar-refractivity contribution in [2.24, 2.45) is 0 Å². The minimum Gasteiger partial charge on any atom is -0.258 e. The normalized spacial score (nSPS) is 11.9. The zero-order valence-corrected chi connectivity index (χ0v) is 12.2. The van der Waals surface area contributed by atoms with E-state index in [9.17, 15) is 24.6 Å². The lowest BCUT2D eigenvalue weighted by Gasteiger charge is -2.11. The molecular formula is C14H11FN2O4S. The predicted molar refractivity (Wildman–Crippen MR) is 80.4 cm³/mol. The summed E-state index contributed by atoms with van der Waals surface area (Å²) < 4.78 is 12.9. The molecule has 0 aliphatic rings. The number of thioether (sulfide) groups is 1. The van der Waals surface area contributed by atoms with Gasteiger partial charge in [-0.3, -0.25) is 20.2 Å². The molecular weight excluding hydrogens is 311 g/mol. The molecule has 0 aliphatic heterocycles. The second kappa shape index (κ2) is 6.52. The highest BCUT2D eigenvalue weighted by Gasteiger charge is 2.21. The Morgan fingerprint density at radius 1 is 1.05 bits per heavy atom. The van der Waals surface area contributed by atoms with Gasteiger partial charge in [-0.05, 0) is 30.7 Å². The lowest BCUT2D eigenvalue weighted by atomic mass is 10.2. The van der Waals surface area contributed by atoms with Gasteiger partial charge in [-0.15, -0.1) is 11.8 Å². The van der Waals surface area contributed by atoms with Crippen molar-refractivity contribution in [3.63, 3.8) is 0 Å². The van der Waals surface area contributed by atoms with Crippen LogP contribution in [0.1, 0.15) is 17.7 Å². The lowest BCUT2D eigenvalue weighted by molar-refractivity contribution is -0.396. The van der Waals surface area contributed by atoms with Crippen molar-refractivity contribution in [1.29, 1.82) is 0 Å². The van der Waals surface area contributed by atoms with Gasteiger partial charge >= 0.3 is 0 Å². The molecule has 8 heteroatoms. The molecule has 114 valence electrons. The second-order valence-electron chi connectivity index (χ2n) is 4.48. The average Bonchev–Trinajstić information content (AvgIpc) is 2.47. The van der Waals surface area contributed by atoms with Gasteiger partial charge < -0.3 is 0 Å². The molecule has 1 unspecified atom stereocenters. The van der Waals surface area contributed by atoms with Crippen LogP contribution in [0, 0.1) is 26.0 Å². The number of nitrogens with zero attached hydrogens (tertiary/aromatic N) is 2. The third-order valence-corrected chi connectivity index (χ3v) is 4.22. The van der Waals surface area contributed by atoms with Gasteiger partial charge in [-0.1, -0.05) is 12.1 Å². The zero-order chi connectivity index (χ0) is 16.3. The first-order valence-corrected chi connectivity index (χ1v) is 7.11. The fourth-order valence-electron chi connectivity index (χ4n) is 1.85. The molecule has 22 heavy (non-hydrogen) atoms. The van der Waals surface area contributed by atoms with E-state index >= 15 is 0 Å². The summed E-state index contributed by atoms with van der Waals surface area (Å²) in [6, 6.07) is 9.37. The Bertz CT molecular complexity index is 721. The summed E-state index contributed by atoms with van der Waals surface area (Å²) >= 11 is 1.19. The zero-order valence-electron chi connectivity index (χ0n) is 11.4. The minimum absolute atomic E-state index is 0.166. The van der Waals surface area contributed by atoms with Crippen molar-refractivity contribution < 1.29 is 14.2 Å². The number of benzene rings is 2. The van der Waals surface area contributed by atoms with Crippen LogP contribution in [-0.2, 0) is 0 Å². The fourth-order valence-corrected chi connectivity index (χ4v) is 2.93. The van der Waals surface area contributed by atoms with Crippen molar-refractivity contribution in [2.75, 3.05) is 0 Å². The Balaban J connectivity index is 2.30. The molecule has 0 heterocycles. The number of hydrogen-bond donors (Lipinski definition) is 0. The molecule has 2 rings (SSSR count). The first-order valence-electron chi connectivity index (χ1n) is 6.23. The first kappa shape index (κ1) is 15.9. The summed E-state index contributed by atoms with van der Waals surface area (Å²) in [5, 5.41) is 21.6. The van der Waals surface area contributed by atoms with Crippen molar-refractivity contribution in [1.82, 2.24) is 0 Å². The number of halogens is 1. The maximum atomic E-state index is 12.9. The van der Waals surface area contributed by atoms with Crippen molar-refractivity contribution in [3.05, 3.63) is 74.1 Å². The summed E-state index contributed by atoms with van der Waals surface area (Å²) in [5.41, 5.74) is 0.165. The molecule has 0 radical (unpaired) electrons. The smallest absolute Gasteiger partial charge is 0.258 e. The molecule has 6 nitrogen and oxygen atoms in total. The molecule has 0 spiro atoms. The summed E-state index contributed by atoms with van der Waals surface area (Å²) in [5.74, 6) is -0.359. The molecule has 0 saturated carbocycles. The van der Waals surface area contributed by atoms with Gasteiger partial charge in [0.25, 0.3) is 11.4 Å². The molecule has 2 aromatic rings. The third-order valence-electron chi connectivity index (χ3n) is 2.99. The summed E-state index contributed by atoms with van der Waals surface area (Å²) in [4.78, 5) is 20.8. The molecule has 0 aliphatic carbocycles. The van der Waals surface area contributed by atoms with E-state index in [0.29, 0.717) is 4.90 Å². The van der Waals surface area contributed by atoms with Crippen LogP contribution in [0.2, 0.25) is 0 Å². The highest BCUT2D eigenvalue weighted by Crippen LogP contribution is 2.40. The van der Waals surface area contributed by atoms with Crippen LogP contribution < -0.4 is 0 Å². The fraction of sp³-hybridized carbons (Fsp3) is 0.143. The monoisotopic (exact) mass is 322 g/mol. The lowest BCUT2D eigenvalue weighted by Crippen LogP contribution is -1.96. The van der Waals surface area contributed by atoms with E-state index in [1.165, 1.54) is 36.0 Å². The molecule has 0 N–H and O–H groups in total. The number of hydrogen-bond acceptors (Lipinski definition) is 5. The standard InChI is InChI=1S/C14H11FN2O4S/c1-9(10-2-4-11(15)5-3-10)22-14-7-6-12(16(18)19)8-13(14)17(20)21/h2-9H,1H3. The van der Waals surface area contributed by atoms with Crippen LogP contribution in [0.25, 0.3) is 0 Å². The van der Waals surface area contributed by atoms with Gasteiger partial charge in [0, 0.05) is 11.3 Å².